The van der Waals surface area contributed by atoms with Crippen molar-refractivity contribution in [3.8, 4) is 5.88 Å². The molecule has 92 valence electrons. The molecule has 17 heavy (non-hydrogen) atoms. The Morgan fingerprint density at radius 2 is 2.47 bits per heavy atom. The Morgan fingerprint density at radius 1 is 1.59 bits per heavy atom. The monoisotopic (exact) mass is 255 g/mol. The van der Waals surface area contributed by atoms with Crippen molar-refractivity contribution in [2.45, 2.75) is 6.10 Å². The van der Waals surface area contributed by atoms with Crippen molar-refractivity contribution < 1.29 is 9.84 Å². The fraction of sp³-hybridized carbons (Fsp3) is 0.444. The van der Waals surface area contributed by atoms with Crippen LogP contribution in [0.1, 0.15) is 0 Å². The van der Waals surface area contributed by atoms with Gasteiger partial charge in [0.15, 0.2) is 0 Å². The number of anilines is 1. The standard InChI is InChI=1S/C9H13N5O2S/c1-14-5-7(2-11-14)10-3-8(15)6-16-9-4-12-17-13-9/h2,4-5,8,10,15H,3,6H2,1H3. The van der Waals surface area contributed by atoms with Crippen molar-refractivity contribution in [3.63, 3.8) is 0 Å². The molecular weight excluding hydrogens is 242 g/mol. The van der Waals surface area contributed by atoms with E-state index >= 15 is 0 Å². The molecule has 0 bridgehead atoms. The van der Waals surface area contributed by atoms with Gasteiger partial charge < -0.3 is 15.2 Å². The summed E-state index contributed by atoms with van der Waals surface area (Å²) < 4.78 is 14.6. The zero-order chi connectivity index (χ0) is 12.1. The summed E-state index contributed by atoms with van der Waals surface area (Å²) in [4.78, 5) is 0. The molecule has 2 rings (SSSR count). The summed E-state index contributed by atoms with van der Waals surface area (Å²) in [6.07, 6.45) is 4.43. The van der Waals surface area contributed by atoms with E-state index in [-0.39, 0.29) is 6.61 Å². The minimum atomic E-state index is -0.614. The Morgan fingerprint density at radius 3 is 3.12 bits per heavy atom. The highest BCUT2D eigenvalue weighted by Crippen LogP contribution is 2.06. The van der Waals surface area contributed by atoms with Crippen molar-refractivity contribution >= 4 is 17.4 Å². The van der Waals surface area contributed by atoms with E-state index < -0.39 is 6.10 Å². The lowest BCUT2D eigenvalue weighted by atomic mass is 10.3. The lowest BCUT2D eigenvalue weighted by Crippen LogP contribution is -2.26. The Bertz CT molecular complexity index is 444. The van der Waals surface area contributed by atoms with E-state index in [0.29, 0.717) is 12.4 Å². The minimum absolute atomic E-state index is 0.179. The molecule has 8 heteroatoms. The van der Waals surface area contributed by atoms with Crippen LogP contribution >= 0.6 is 11.7 Å². The highest BCUT2D eigenvalue weighted by Gasteiger charge is 2.06. The summed E-state index contributed by atoms with van der Waals surface area (Å²) in [6.45, 7) is 0.571. The summed E-state index contributed by atoms with van der Waals surface area (Å²) in [5.41, 5.74) is 0.863. The number of rotatable bonds is 6. The zero-order valence-electron chi connectivity index (χ0n) is 9.28. The van der Waals surface area contributed by atoms with Crippen LogP contribution in [0.15, 0.2) is 18.6 Å². The maximum absolute atomic E-state index is 9.66. The normalized spacial score (nSPS) is 12.4. The molecular formula is C9H13N5O2S. The summed E-state index contributed by atoms with van der Waals surface area (Å²) in [5, 5.41) is 16.7. The average molecular weight is 255 g/mol. The molecule has 0 aliphatic carbocycles. The fourth-order valence-corrected chi connectivity index (χ4v) is 1.57. The molecule has 7 nitrogen and oxygen atoms in total. The molecule has 0 saturated carbocycles. The first-order chi connectivity index (χ1) is 8.24. The molecule has 0 spiro atoms. The quantitative estimate of drug-likeness (QED) is 0.763. The van der Waals surface area contributed by atoms with Crippen LogP contribution in [-0.2, 0) is 7.05 Å². The van der Waals surface area contributed by atoms with Crippen LogP contribution < -0.4 is 10.1 Å². The van der Waals surface area contributed by atoms with Crippen LogP contribution in [0.5, 0.6) is 5.88 Å². The van der Waals surface area contributed by atoms with Gasteiger partial charge in [-0.05, 0) is 0 Å². The van der Waals surface area contributed by atoms with Crippen molar-refractivity contribution in [2.75, 3.05) is 18.5 Å². The van der Waals surface area contributed by atoms with Gasteiger partial charge in [0.05, 0.1) is 23.6 Å². The fourth-order valence-electron chi connectivity index (χ4n) is 1.21. The number of hydrogen-bond donors (Lipinski definition) is 2. The van der Waals surface area contributed by atoms with E-state index in [0.717, 1.165) is 17.4 Å². The van der Waals surface area contributed by atoms with Crippen LogP contribution in [0, 0.1) is 0 Å². The van der Waals surface area contributed by atoms with Gasteiger partial charge in [0.2, 0.25) is 5.88 Å². The summed E-state index contributed by atoms with van der Waals surface area (Å²) in [5.74, 6) is 0.440. The van der Waals surface area contributed by atoms with Crippen LogP contribution in [0.2, 0.25) is 0 Å². The van der Waals surface area contributed by atoms with Crippen molar-refractivity contribution in [1.82, 2.24) is 18.5 Å². The van der Waals surface area contributed by atoms with Crippen LogP contribution in [0.4, 0.5) is 5.69 Å². The maximum Gasteiger partial charge on any atom is 0.245 e. The number of nitrogens with zero attached hydrogens (tertiary/aromatic N) is 4. The third-order valence-corrected chi connectivity index (χ3v) is 2.47. The SMILES string of the molecule is Cn1cc(NCC(O)COc2cnsn2)cn1. The number of aryl methyl sites for hydroxylation is 1. The van der Waals surface area contributed by atoms with E-state index in [1.54, 1.807) is 10.9 Å². The predicted octanol–water partition coefficient (Wildman–Crippen LogP) is 0.123. The molecule has 0 saturated heterocycles. The number of aliphatic hydroxyl groups excluding tert-OH is 1. The second-order valence-corrected chi connectivity index (χ2v) is 4.05. The van der Waals surface area contributed by atoms with E-state index in [1.807, 2.05) is 13.2 Å². The summed E-state index contributed by atoms with van der Waals surface area (Å²) in [6, 6.07) is 0. The topological polar surface area (TPSA) is 85.1 Å². The second kappa shape index (κ2) is 5.60. The van der Waals surface area contributed by atoms with Crippen LogP contribution in [0.3, 0.4) is 0 Å². The molecule has 0 radical (unpaired) electrons. The number of aliphatic hydroxyl groups is 1. The average Bonchev–Trinajstić information content (AvgIpc) is 2.95. The number of ether oxygens (including phenoxy) is 1. The molecule has 1 atom stereocenters. The molecule has 0 aromatic carbocycles. The Balaban J connectivity index is 1.69. The van der Waals surface area contributed by atoms with Gasteiger partial charge in [0.1, 0.15) is 18.9 Å². The molecule has 2 N–H and O–H groups in total. The van der Waals surface area contributed by atoms with Gasteiger partial charge in [-0.3, -0.25) is 4.68 Å². The van der Waals surface area contributed by atoms with Crippen molar-refractivity contribution in [2.24, 2.45) is 7.05 Å². The Labute approximate surface area is 102 Å². The lowest BCUT2D eigenvalue weighted by Gasteiger charge is -2.11. The lowest BCUT2D eigenvalue weighted by molar-refractivity contribution is 0.115. The molecule has 0 aliphatic rings. The van der Waals surface area contributed by atoms with Gasteiger partial charge in [-0.15, -0.1) is 4.37 Å². The third-order valence-electron chi connectivity index (χ3n) is 2.01. The molecule has 1 unspecified atom stereocenters. The molecule has 2 aromatic heterocycles. The molecule has 2 aromatic rings. The number of nitrogens with one attached hydrogen (secondary N) is 1. The van der Waals surface area contributed by atoms with Gasteiger partial charge in [-0.1, -0.05) is 0 Å². The highest BCUT2D eigenvalue weighted by atomic mass is 32.1. The summed E-state index contributed by atoms with van der Waals surface area (Å²) >= 11 is 1.07. The summed E-state index contributed by atoms with van der Waals surface area (Å²) in [7, 11) is 1.83. The van der Waals surface area contributed by atoms with Crippen LogP contribution in [0.25, 0.3) is 0 Å². The van der Waals surface area contributed by atoms with Gasteiger partial charge in [0.25, 0.3) is 0 Å². The van der Waals surface area contributed by atoms with E-state index in [1.165, 1.54) is 6.20 Å². The van der Waals surface area contributed by atoms with Gasteiger partial charge in [-0.2, -0.15) is 9.47 Å². The van der Waals surface area contributed by atoms with E-state index in [4.69, 9.17) is 4.74 Å². The van der Waals surface area contributed by atoms with E-state index in [9.17, 15) is 5.11 Å². The van der Waals surface area contributed by atoms with Gasteiger partial charge in [0, 0.05) is 19.8 Å². The molecule has 0 amide bonds. The highest BCUT2D eigenvalue weighted by molar-refractivity contribution is 6.99. The maximum atomic E-state index is 9.66. The Hall–Kier alpha value is -1.67. The molecule has 0 fully saturated rings. The second-order valence-electron chi connectivity index (χ2n) is 3.49. The largest absolute Gasteiger partial charge is 0.473 e. The third kappa shape index (κ3) is 3.68. The predicted molar refractivity (Wildman–Crippen MR) is 63.1 cm³/mol. The Kier molecular flexibility index (Phi) is 3.89. The zero-order valence-corrected chi connectivity index (χ0v) is 10.1. The number of aromatic nitrogens is 4. The minimum Gasteiger partial charge on any atom is -0.473 e. The molecule has 0 aliphatic heterocycles. The van der Waals surface area contributed by atoms with Gasteiger partial charge >= 0.3 is 0 Å². The van der Waals surface area contributed by atoms with Gasteiger partial charge in [-0.25, -0.2) is 0 Å². The smallest absolute Gasteiger partial charge is 0.245 e. The molecule has 2 heterocycles. The first kappa shape index (κ1) is 11.8. The number of hydrogen-bond acceptors (Lipinski definition) is 7. The first-order valence-corrected chi connectivity index (χ1v) is 5.78. The van der Waals surface area contributed by atoms with Crippen LogP contribution in [-0.4, -0.2) is 42.9 Å². The van der Waals surface area contributed by atoms with Crippen molar-refractivity contribution in [1.29, 1.82) is 0 Å². The van der Waals surface area contributed by atoms with Crippen molar-refractivity contribution in [3.05, 3.63) is 18.6 Å². The van der Waals surface area contributed by atoms with E-state index in [2.05, 4.69) is 19.2 Å². The first-order valence-electron chi connectivity index (χ1n) is 5.05.